The van der Waals surface area contributed by atoms with E-state index in [4.69, 9.17) is 0 Å². The zero-order chi connectivity index (χ0) is 12.1. The number of fused-ring (bicyclic) bond motifs is 2. The van der Waals surface area contributed by atoms with Gasteiger partial charge in [0.1, 0.15) is 0 Å². The molecule has 2 nitrogen and oxygen atoms in total. The van der Waals surface area contributed by atoms with Crippen molar-refractivity contribution in [1.29, 1.82) is 0 Å². The molecule has 0 aromatic heterocycles. The number of hydrogen-bond donors (Lipinski definition) is 1. The second-order valence-corrected chi connectivity index (χ2v) is 6.20. The Balaban J connectivity index is 2.33. The molecule has 1 N–H and O–H groups in total. The van der Waals surface area contributed by atoms with Gasteiger partial charge in [-0.1, -0.05) is 25.5 Å². The summed E-state index contributed by atoms with van der Waals surface area (Å²) < 4.78 is 0. The third kappa shape index (κ3) is 1.50. The maximum atomic E-state index is 11.5. The maximum absolute atomic E-state index is 11.5. The van der Waals surface area contributed by atoms with Gasteiger partial charge in [0.2, 0.25) is 0 Å². The molecule has 3 aliphatic rings. The second kappa shape index (κ2) is 3.61. The number of allylic oxidation sites excluding steroid dienone is 2. The third-order valence-electron chi connectivity index (χ3n) is 4.86. The molecule has 16 heavy (non-hydrogen) atoms. The highest BCUT2D eigenvalue weighted by molar-refractivity contribution is 5.76. The second-order valence-electron chi connectivity index (χ2n) is 6.20. The van der Waals surface area contributed by atoms with Crippen LogP contribution in [0.25, 0.3) is 0 Å². The van der Waals surface area contributed by atoms with E-state index < -0.39 is 11.4 Å². The largest absolute Gasteiger partial charge is 0.481 e. The Morgan fingerprint density at radius 1 is 1.56 bits per heavy atom. The zero-order valence-corrected chi connectivity index (χ0v) is 10.7. The predicted molar refractivity (Wildman–Crippen MR) is 64.0 cm³/mol. The summed E-state index contributed by atoms with van der Waals surface area (Å²) in [6.07, 6.45) is 4.23. The summed E-state index contributed by atoms with van der Waals surface area (Å²) in [6, 6.07) is 0. The van der Waals surface area contributed by atoms with E-state index in [-0.39, 0.29) is 5.92 Å². The molecule has 0 aliphatic heterocycles. The molecule has 0 amide bonds. The van der Waals surface area contributed by atoms with Crippen molar-refractivity contribution >= 4 is 5.97 Å². The Morgan fingerprint density at radius 2 is 2.19 bits per heavy atom. The van der Waals surface area contributed by atoms with Gasteiger partial charge < -0.3 is 5.11 Å². The van der Waals surface area contributed by atoms with Crippen LogP contribution in [-0.4, -0.2) is 11.1 Å². The van der Waals surface area contributed by atoms with Crippen molar-refractivity contribution in [3.63, 3.8) is 0 Å². The lowest BCUT2D eigenvalue weighted by molar-refractivity contribution is -0.156. The van der Waals surface area contributed by atoms with Gasteiger partial charge in [-0.05, 0) is 50.4 Å². The minimum atomic E-state index is -0.614. The first-order valence-corrected chi connectivity index (χ1v) is 6.28. The molecule has 0 radical (unpaired) electrons. The van der Waals surface area contributed by atoms with Crippen LogP contribution in [-0.2, 0) is 4.79 Å². The van der Waals surface area contributed by atoms with Crippen LogP contribution >= 0.6 is 0 Å². The molecule has 1 saturated carbocycles. The van der Waals surface area contributed by atoms with Crippen LogP contribution < -0.4 is 0 Å². The summed E-state index contributed by atoms with van der Waals surface area (Å²) in [7, 11) is 0. The third-order valence-corrected chi connectivity index (χ3v) is 4.86. The van der Waals surface area contributed by atoms with Gasteiger partial charge in [0, 0.05) is 0 Å². The normalized spacial score (nSPS) is 42.3. The van der Waals surface area contributed by atoms with Crippen LogP contribution in [0.3, 0.4) is 0 Å². The fraction of sp³-hybridized carbons (Fsp3) is 0.786. The Bertz CT molecular complexity index is 343. The number of carboxylic acid groups (broad SMARTS) is 1. The Kier molecular flexibility index (Phi) is 2.64. The lowest BCUT2D eigenvalue weighted by Gasteiger charge is -2.51. The molecule has 0 unspecified atom stereocenters. The summed E-state index contributed by atoms with van der Waals surface area (Å²) >= 11 is 0. The number of rotatable bonds is 2. The van der Waals surface area contributed by atoms with Crippen LogP contribution in [0.15, 0.2) is 11.6 Å². The molecular weight excluding hydrogens is 200 g/mol. The van der Waals surface area contributed by atoms with E-state index in [1.807, 2.05) is 6.92 Å². The quantitative estimate of drug-likeness (QED) is 0.728. The molecule has 0 saturated heterocycles. The molecule has 3 aliphatic carbocycles. The summed E-state index contributed by atoms with van der Waals surface area (Å²) in [6.45, 7) is 8.55. The Labute approximate surface area is 97.7 Å². The number of hydrogen-bond acceptors (Lipinski definition) is 1. The SMILES string of the molecule is CC1=C[C@H]2C[C@@](C)(C(=O)O)[C@@H]1C[C@H]2C(C)C. The highest BCUT2D eigenvalue weighted by atomic mass is 16.4. The first-order valence-electron chi connectivity index (χ1n) is 6.28. The van der Waals surface area contributed by atoms with Crippen molar-refractivity contribution in [2.45, 2.75) is 40.5 Å². The van der Waals surface area contributed by atoms with Crippen molar-refractivity contribution < 1.29 is 9.90 Å². The van der Waals surface area contributed by atoms with Gasteiger partial charge in [0.15, 0.2) is 0 Å². The first kappa shape index (κ1) is 11.7. The summed E-state index contributed by atoms with van der Waals surface area (Å²) in [5.74, 6) is 1.46. The minimum absolute atomic E-state index is 0.252. The van der Waals surface area contributed by atoms with E-state index in [0.717, 1.165) is 12.8 Å². The summed E-state index contributed by atoms with van der Waals surface area (Å²) in [5.41, 5.74) is 0.785. The average Bonchev–Trinajstić information content (AvgIpc) is 2.16. The van der Waals surface area contributed by atoms with E-state index in [9.17, 15) is 9.90 Å². The van der Waals surface area contributed by atoms with E-state index in [0.29, 0.717) is 17.8 Å². The van der Waals surface area contributed by atoms with Crippen LogP contribution in [0, 0.1) is 29.1 Å². The smallest absolute Gasteiger partial charge is 0.309 e. The van der Waals surface area contributed by atoms with Gasteiger partial charge in [-0.25, -0.2) is 0 Å². The van der Waals surface area contributed by atoms with Gasteiger partial charge in [-0.15, -0.1) is 0 Å². The molecule has 0 aromatic carbocycles. The van der Waals surface area contributed by atoms with Crippen molar-refractivity contribution in [2.75, 3.05) is 0 Å². The highest BCUT2D eigenvalue weighted by Crippen LogP contribution is 2.55. The molecule has 3 rings (SSSR count). The van der Waals surface area contributed by atoms with Crippen LogP contribution in [0.1, 0.15) is 40.5 Å². The van der Waals surface area contributed by atoms with Gasteiger partial charge in [0.05, 0.1) is 5.41 Å². The van der Waals surface area contributed by atoms with Crippen molar-refractivity contribution in [2.24, 2.45) is 29.1 Å². The van der Waals surface area contributed by atoms with E-state index in [2.05, 4.69) is 26.8 Å². The first-order chi connectivity index (χ1) is 7.36. The fourth-order valence-corrected chi connectivity index (χ4v) is 3.82. The van der Waals surface area contributed by atoms with Gasteiger partial charge in [0.25, 0.3) is 0 Å². The van der Waals surface area contributed by atoms with Crippen LogP contribution in [0.2, 0.25) is 0 Å². The Morgan fingerprint density at radius 3 is 2.62 bits per heavy atom. The van der Waals surface area contributed by atoms with Gasteiger partial charge in [-0.2, -0.15) is 0 Å². The predicted octanol–water partition coefficient (Wildman–Crippen LogP) is 3.34. The number of aliphatic carboxylic acids is 1. The average molecular weight is 222 g/mol. The topological polar surface area (TPSA) is 37.3 Å². The lowest BCUT2D eigenvalue weighted by atomic mass is 9.52. The number of carbonyl (C=O) groups is 1. The number of carboxylic acids is 1. The van der Waals surface area contributed by atoms with E-state index >= 15 is 0 Å². The molecule has 2 bridgehead atoms. The zero-order valence-electron chi connectivity index (χ0n) is 10.7. The van der Waals surface area contributed by atoms with Crippen molar-refractivity contribution in [3.05, 3.63) is 11.6 Å². The van der Waals surface area contributed by atoms with Crippen LogP contribution in [0.5, 0.6) is 0 Å². The molecular formula is C14H22O2. The van der Waals surface area contributed by atoms with Crippen molar-refractivity contribution in [3.8, 4) is 0 Å². The maximum Gasteiger partial charge on any atom is 0.309 e. The molecule has 0 heterocycles. The molecule has 1 fully saturated rings. The van der Waals surface area contributed by atoms with E-state index in [1.165, 1.54) is 5.57 Å². The van der Waals surface area contributed by atoms with Gasteiger partial charge in [-0.3, -0.25) is 4.79 Å². The molecule has 0 spiro atoms. The highest BCUT2D eigenvalue weighted by Gasteiger charge is 2.52. The molecule has 90 valence electrons. The van der Waals surface area contributed by atoms with Crippen LogP contribution in [0.4, 0.5) is 0 Å². The molecule has 4 atom stereocenters. The lowest BCUT2D eigenvalue weighted by Crippen LogP contribution is -2.48. The molecule has 2 heteroatoms. The fourth-order valence-electron chi connectivity index (χ4n) is 3.82. The van der Waals surface area contributed by atoms with E-state index in [1.54, 1.807) is 0 Å². The standard InChI is InChI=1S/C14H22O2/c1-8(2)11-6-12-9(3)5-10(11)7-14(12,4)13(15)16/h5,8,10-12H,6-7H2,1-4H3,(H,15,16)/t10-,11-,12+,14+/m0/s1. The Hall–Kier alpha value is -0.790. The van der Waals surface area contributed by atoms with Gasteiger partial charge >= 0.3 is 5.97 Å². The van der Waals surface area contributed by atoms with Crippen molar-refractivity contribution in [1.82, 2.24) is 0 Å². The minimum Gasteiger partial charge on any atom is -0.481 e. The summed E-state index contributed by atoms with van der Waals surface area (Å²) in [4.78, 5) is 11.5. The monoisotopic (exact) mass is 222 g/mol. The molecule has 0 aromatic rings. The summed E-state index contributed by atoms with van der Waals surface area (Å²) in [5, 5.41) is 9.44.